The normalized spacial score (nSPS) is 11.4. The van der Waals surface area contributed by atoms with Gasteiger partial charge in [0.05, 0.1) is 0 Å². The Hall–Kier alpha value is -5.61. The molecule has 0 radical (unpaired) electrons. The zero-order chi connectivity index (χ0) is 27.2. The molecule has 0 atom stereocenters. The maximum Gasteiger partial charge on any atom is 0.164 e. The van der Waals surface area contributed by atoms with Crippen molar-refractivity contribution >= 4 is 32.7 Å². The second-order valence-electron chi connectivity index (χ2n) is 10.1. The zero-order valence-electron chi connectivity index (χ0n) is 22.0. The largest absolute Gasteiger partial charge is 0.456 e. The number of benzene rings is 6. The van der Waals surface area contributed by atoms with Crippen LogP contribution in [0.2, 0.25) is 0 Å². The Bertz CT molecular complexity index is 2140. The molecule has 4 heteroatoms. The highest BCUT2D eigenvalue weighted by Gasteiger charge is 2.14. The molecule has 0 N–H and O–H groups in total. The van der Waals surface area contributed by atoms with Crippen LogP contribution in [0, 0.1) is 0 Å². The molecule has 0 saturated carbocycles. The van der Waals surface area contributed by atoms with Crippen molar-refractivity contribution in [3.8, 4) is 45.3 Å². The first-order valence-corrected chi connectivity index (χ1v) is 13.6. The van der Waals surface area contributed by atoms with Crippen molar-refractivity contribution in [3.63, 3.8) is 0 Å². The minimum atomic E-state index is 0.638. The van der Waals surface area contributed by atoms with E-state index >= 15 is 0 Å². The molecule has 6 aromatic carbocycles. The summed E-state index contributed by atoms with van der Waals surface area (Å²) in [4.78, 5) is 14.7. The maximum absolute atomic E-state index is 6.23. The molecule has 192 valence electrons. The van der Waals surface area contributed by atoms with Crippen molar-refractivity contribution in [1.82, 2.24) is 15.0 Å². The Balaban J connectivity index is 1.29. The first kappa shape index (κ1) is 23.3. The first-order valence-electron chi connectivity index (χ1n) is 13.6. The van der Waals surface area contributed by atoms with Gasteiger partial charge in [-0.2, -0.15) is 0 Å². The van der Waals surface area contributed by atoms with E-state index in [1.54, 1.807) is 0 Å². The van der Waals surface area contributed by atoms with E-state index in [0.29, 0.717) is 17.5 Å². The highest BCUT2D eigenvalue weighted by atomic mass is 16.3. The number of furan rings is 1. The minimum absolute atomic E-state index is 0.638. The van der Waals surface area contributed by atoms with Crippen LogP contribution in [-0.2, 0) is 0 Å². The Morgan fingerprint density at radius 1 is 0.366 bits per heavy atom. The van der Waals surface area contributed by atoms with Gasteiger partial charge in [-0.15, -0.1) is 0 Å². The summed E-state index contributed by atoms with van der Waals surface area (Å²) in [5, 5.41) is 4.58. The maximum atomic E-state index is 6.23. The molecule has 8 aromatic rings. The number of fused-ring (bicyclic) bond motifs is 4. The van der Waals surface area contributed by atoms with Gasteiger partial charge in [0.1, 0.15) is 11.2 Å². The zero-order valence-corrected chi connectivity index (χ0v) is 22.0. The van der Waals surface area contributed by atoms with Crippen molar-refractivity contribution in [2.75, 3.05) is 0 Å². The van der Waals surface area contributed by atoms with Crippen LogP contribution in [0.3, 0.4) is 0 Å². The van der Waals surface area contributed by atoms with E-state index in [1.165, 1.54) is 5.39 Å². The smallest absolute Gasteiger partial charge is 0.164 e. The van der Waals surface area contributed by atoms with Crippen molar-refractivity contribution in [3.05, 3.63) is 140 Å². The number of hydrogen-bond donors (Lipinski definition) is 0. The van der Waals surface area contributed by atoms with E-state index < -0.39 is 0 Å². The third-order valence-electron chi connectivity index (χ3n) is 7.51. The average Bonchev–Trinajstić information content (AvgIpc) is 3.41. The molecule has 0 aliphatic carbocycles. The summed E-state index contributed by atoms with van der Waals surface area (Å²) < 4.78 is 6.23. The third kappa shape index (κ3) is 4.14. The summed E-state index contributed by atoms with van der Waals surface area (Å²) in [6.45, 7) is 0. The molecule has 0 bridgehead atoms. The first-order chi connectivity index (χ1) is 20.3. The molecule has 0 fully saturated rings. The van der Waals surface area contributed by atoms with Crippen LogP contribution in [0.25, 0.3) is 78.0 Å². The van der Waals surface area contributed by atoms with Crippen molar-refractivity contribution in [2.24, 2.45) is 0 Å². The van der Waals surface area contributed by atoms with Gasteiger partial charge in [-0.05, 0) is 46.2 Å². The molecular formula is C37H23N3O. The lowest BCUT2D eigenvalue weighted by Gasteiger charge is -2.11. The van der Waals surface area contributed by atoms with E-state index in [9.17, 15) is 0 Å². The van der Waals surface area contributed by atoms with Crippen LogP contribution in [0.4, 0.5) is 0 Å². The summed E-state index contributed by atoms with van der Waals surface area (Å²) in [7, 11) is 0. The number of para-hydroxylation sites is 1. The van der Waals surface area contributed by atoms with Gasteiger partial charge in [0, 0.05) is 27.5 Å². The van der Waals surface area contributed by atoms with Gasteiger partial charge in [0.15, 0.2) is 17.5 Å². The Kier molecular flexibility index (Phi) is 5.42. The van der Waals surface area contributed by atoms with Crippen LogP contribution in [0.1, 0.15) is 0 Å². The summed E-state index contributed by atoms with van der Waals surface area (Å²) >= 11 is 0. The molecule has 8 rings (SSSR count). The van der Waals surface area contributed by atoms with Crippen molar-refractivity contribution in [2.45, 2.75) is 0 Å². The van der Waals surface area contributed by atoms with Crippen LogP contribution in [0.15, 0.2) is 144 Å². The van der Waals surface area contributed by atoms with E-state index in [1.807, 2.05) is 72.8 Å². The van der Waals surface area contributed by atoms with Crippen LogP contribution >= 0.6 is 0 Å². The quantitative estimate of drug-likeness (QED) is 0.230. The van der Waals surface area contributed by atoms with E-state index in [2.05, 4.69) is 66.7 Å². The summed E-state index contributed by atoms with van der Waals surface area (Å²) in [5.74, 6) is 1.94. The Labute approximate surface area is 236 Å². The fourth-order valence-corrected chi connectivity index (χ4v) is 5.51. The molecule has 2 aromatic heterocycles. The fourth-order valence-electron chi connectivity index (χ4n) is 5.51. The highest BCUT2D eigenvalue weighted by molar-refractivity contribution is 6.12. The lowest BCUT2D eigenvalue weighted by molar-refractivity contribution is 0.669. The predicted octanol–water partition coefficient (Wildman–Crippen LogP) is 9.59. The van der Waals surface area contributed by atoms with Crippen molar-refractivity contribution in [1.29, 1.82) is 0 Å². The highest BCUT2D eigenvalue weighted by Crippen LogP contribution is 2.37. The molecule has 0 spiro atoms. The van der Waals surface area contributed by atoms with E-state index in [4.69, 9.17) is 19.4 Å². The average molecular weight is 526 g/mol. The molecule has 0 aliphatic heterocycles. The molecule has 0 saturated heterocycles. The Morgan fingerprint density at radius 2 is 0.951 bits per heavy atom. The van der Waals surface area contributed by atoms with Gasteiger partial charge in [-0.25, -0.2) is 15.0 Å². The summed E-state index contributed by atoms with van der Waals surface area (Å²) in [6.07, 6.45) is 0. The molecule has 0 aliphatic rings. The van der Waals surface area contributed by atoms with Gasteiger partial charge in [0.25, 0.3) is 0 Å². The number of rotatable bonds is 4. The number of nitrogens with zero attached hydrogens (tertiary/aromatic N) is 3. The molecule has 4 nitrogen and oxygen atoms in total. The van der Waals surface area contributed by atoms with Gasteiger partial charge in [-0.3, -0.25) is 0 Å². The Morgan fingerprint density at radius 3 is 1.68 bits per heavy atom. The fraction of sp³-hybridized carbons (Fsp3) is 0. The van der Waals surface area contributed by atoms with Crippen LogP contribution < -0.4 is 0 Å². The SMILES string of the molecule is c1ccc(-c2nc(-c3ccccc3)nc(-c3cccc(-c4cccc5cc6c(cc45)oc4ccccc46)c3)n2)cc1. The van der Waals surface area contributed by atoms with Gasteiger partial charge >= 0.3 is 0 Å². The van der Waals surface area contributed by atoms with Crippen molar-refractivity contribution < 1.29 is 4.42 Å². The summed E-state index contributed by atoms with van der Waals surface area (Å²) in [5.41, 5.74) is 6.85. The van der Waals surface area contributed by atoms with Gasteiger partial charge in [-0.1, -0.05) is 115 Å². The second kappa shape index (κ2) is 9.54. The second-order valence-corrected chi connectivity index (χ2v) is 10.1. The van der Waals surface area contributed by atoms with Gasteiger partial charge < -0.3 is 4.42 Å². The monoisotopic (exact) mass is 525 g/mol. The van der Waals surface area contributed by atoms with Gasteiger partial charge in [0.2, 0.25) is 0 Å². The lowest BCUT2D eigenvalue weighted by Crippen LogP contribution is -2.00. The minimum Gasteiger partial charge on any atom is -0.456 e. The topological polar surface area (TPSA) is 51.8 Å². The number of hydrogen-bond acceptors (Lipinski definition) is 4. The lowest BCUT2D eigenvalue weighted by atomic mass is 9.95. The molecule has 0 unspecified atom stereocenters. The number of aromatic nitrogens is 3. The molecule has 41 heavy (non-hydrogen) atoms. The molecular weight excluding hydrogens is 502 g/mol. The van der Waals surface area contributed by atoms with E-state index in [-0.39, 0.29) is 0 Å². The standard InChI is InChI=1S/C37H23N3O/c1-3-11-24(12-4-1)35-38-36(25-13-5-2-6-14-25)40-37(39-35)28-17-9-15-26(21-28)29-19-10-16-27-22-32-30-18-7-8-20-33(30)41-34(32)23-31(27)29/h1-23H. The summed E-state index contributed by atoms with van der Waals surface area (Å²) in [6, 6.07) is 47.6. The molecule has 0 amide bonds. The van der Waals surface area contributed by atoms with E-state index in [0.717, 1.165) is 55.1 Å². The van der Waals surface area contributed by atoms with Crippen LogP contribution in [-0.4, -0.2) is 15.0 Å². The molecule has 2 heterocycles. The van der Waals surface area contributed by atoms with Crippen LogP contribution in [0.5, 0.6) is 0 Å². The predicted molar refractivity (Wildman–Crippen MR) is 166 cm³/mol. The third-order valence-corrected chi connectivity index (χ3v) is 7.51.